The number of hydrogen-bond acceptors (Lipinski definition) is 5. The highest BCUT2D eigenvalue weighted by atomic mass is 16.5. The minimum Gasteiger partial charge on any atom is -0.332 e. The summed E-state index contributed by atoms with van der Waals surface area (Å²) in [6.45, 7) is 2.05. The quantitative estimate of drug-likeness (QED) is 0.804. The molecule has 0 aliphatic carbocycles. The SMILES string of the molecule is c1ccc(-c2noc(-c3ccn(C4CCCNC4)n3)n2)cc1. The lowest BCUT2D eigenvalue weighted by Crippen LogP contribution is -2.31. The third-order valence-electron chi connectivity index (χ3n) is 3.93. The van der Waals surface area contributed by atoms with E-state index in [0.717, 1.165) is 30.8 Å². The first-order chi connectivity index (χ1) is 10.9. The van der Waals surface area contributed by atoms with Crippen LogP contribution in [0.5, 0.6) is 0 Å². The van der Waals surface area contributed by atoms with Crippen LogP contribution in [0.1, 0.15) is 18.9 Å². The van der Waals surface area contributed by atoms with Crippen molar-refractivity contribution in [3.05, 3.63) is 42.6 Å². The zero-order valence-corrected chi connectivity index (χ0v) is 12.1. The summed E-state index contributed by atoms with van der Waals surface area (Å²) in [5, 5.41) is 12.0. The van der Waals surface area contributed by atoms with Gasteiger partial charge in [-0.15, -0.1) is 0 Å². The number of benzene rings is 1. The smallest absolute Gasteiger partial charge is 0.278 e. The van der Waals surface area contributed by atoms with Gasteiger partial charge >= 0.3 is 0 Å². The summed E-state index contributed by atoms with van der Waals surface area (Å²) < 4.78 is 7.35. The summed E-state index contributed by atoms with van der Waals surface area (Å²) in [6.07, 6.45) is 4.31. The van der Waals surface area contributed by atoms with Crippen molar-refractivity contribution >= 4 is 0 Å². The van der Waals surface area contributed by atoms with Gasteiger partial charge in [-0.25, -0.2) is 0 Å². The van der Waals surface area contributed by atoms with Gasteiger partial charge < -0.3 is 9.84 Å². The summed E-state index contributed by atoms with van der Waals surface area (Å²) in [6, 6.07) is 12.1. The number of aromatic nitrogens is 4. The Labute approximate surface area is 128 Å². The fourth-order valence-corrected chi connectivity index (χ4v) is 2.75. The Morgan fingerprint density at radius 1 is 1.18 bits per heavy atom. The standard InChI is InChI=1S/C16H17N5O/c1-2-5-12(6-3-1)15-18-16(22-20-15)14-8-10-21(19-14)13-7-4-9-17-11-13/h1-3,5-6,8,10,13,17H,4,7,9,11H2. The van der Waals surface area contributed by atoms with E-state index in [1.165, 1.54) is 6.42 Å². The zero-order valence-electron chi connectivity index (χ0n) is 12.1. The maximum atomic E-state index is 5.35. The summed E-state index contributed by atoms with van der Waals surface area (Å²) in [4.78, 5) is 4.44. The topological polar surface area (TPSA) is 68.8 Å². The molecule has 1 unspecified atom stereocenters. The Kier molecular flexibility index (Phi) is 3.44. The Morgan fingerprint density at radius 3 is 2.91 bits per heavy atom. The van der Waals surface area contributed by atoms with Crippen molar-refractivity contribution in [3.63, 3.8) is 0 Å². The minimum atomic E-state index is 0.402. The van der Waals surface area contributed by atoms with E-state index >= 15 is 0 Å². The number of nitrogens with zero attached hydrogens (tertiary/aromatic N) is 4. The summed E-state index contributed by atoms with van der Waals surface area (Å²) in [5.41, 5.74) is 1.66. The maximum absolute atomic E-state index is 5.35. The molecule has 112 valence electrons. The van der Waals surface area contributed by atoms with Crippen molar-refractivity contribution in [1.82, 2.24) is 25.2 Å². The average molecular weight is 295 g/mol. The number of hydrogen-bond donors (Lipinski definition) is 1. The van der Waals surface area contributed by atoms with Crippen LogP contribution in [-0.4, -0.2) is 33.0 Å². The average Bonchev–Trinajstić information content (AvgIpc) is 3.26. The second kappa shape index (κ2) is 5.73. The molecular formula is C16H17N5O. The first-order valence-corrected chi connectivity index (χ1v) is 7.55. The van der Waals surface area contributed by atoms with E-state index in [-0.39, 0.29) is 0 Å². The summed E-state index contributed by atoms with van der Waals surface area (Å²) >= 11 is 0. The Bertz CT molecular complexity index is 743. The van der Waals surface area contributed by atoms with Gasteiger partial charge in [0.2, 0.25) is 5.82 Å². The van der Waals surface area contributed by atoms with Crippen molar-refractivity contribution < 1.29 is 4.52 Å². The van der Waals surface area contributed by atoms with Gasteiger partial charge in [0.25, 0.3) is 5.89 Å². The maximum Gasteiger partial charge on any atom is 0.278 e. The first kappa shape index (κ1) is 13.2. The molecule has 3 heterocycles. The molecule has 1 aliphatic heterocycles. The molecule has 1 aliphatic rings. The van der Waals surface area contributed by atoms with E-state index in [0.29, 0.717) is 17.8 Å². The van der Waals surface area contributed by atoms with E-state index in [1.807, 2.05) is 47.3 Å². The van der Waals surface area contributed by atoms with E-state index in [4.69, 9.17) is 4.52 Å². The molecule has 1 saturated heterocycles. The van der Waals surface area contributed by atoms with Gasteiger partial charge in [0.05, 0.1) is 6.04 Å². The third kappa shape index (κ3) is 2.53. The number of nitrogens with one attached hydrogen (secondary N) is 1. The van der Waals surface area contributed by atoms with Gasteiger partial charge in [0, 0.05) is 18.3 Å². The van der Waals surface area contributed by atoms with Gasteiger partial charge in [-0.05, 0) is 25.5 Å². The van der Waals surface area contributed by atoms with Crippen LogP contribution in [0.3, 0.4) is 0 Å². The molecule has 2 aromatic heterocycles. The van der Waals surface area contributed by atoms with Crippen LogP contribution in [0, 0.1) is 0 Å². The largest absolute Gasteiger partial charge is 0.332 e. The van der Waals surface area contributed by atoms with Crippen molar-refractivity contribution in [2.24, 2.45) is 0 Å². The Balaban J connectivity index is 1.58. The Morgan fingerprint density at radius 2 is 2.09 bits per heavy atom. The fourth-order valence-electron chi connectivity index (χ4n) is 2.75. The lowest BCUT2D eigenvalue weighted by atomic mass is 10.1. The zero-order chi connectivity index (χ0) is 14.8. The predicted molar refractivity (Wildman–Crippen MR) is 82.1 cm³/mol. The second-order valence-electron chi connectivity index (χ2n) is 5.47. The van der Waals surface area contributed by atoms with Gasteiger partial charge in [0.15, 0.2) is 5.69 Å². The van der Waals surface area contributed by atoms with Crippen LogP contribution in [-0.2, 0) is 0 Å². The normalized spacial score (nSPS) is 18.5. The van der Waals surface area contributed by atoms with Crippen LogP contribution >= 0.6 is 0 Å². The number of piperidine rings is 1. The van der Waals surface area contributed by atoms with E-state index < -0.39 is 0 Å². The highest BCUT2D eigenvalue weighted by Crippen LogP contribution is 2.22. The van der Waals surface area contributed by atoms with Crippen LogP contribution in [0.15, 0.2) is 47.1 Å². The molecule has 6 heteroatoms. The molecule has 0 amide bonds. The van der Waals surface area contributed by atoms with Gasteiger partial charge in [-0.2, -0.15) is 10.1 Å². The van der Waals surface area contributed by atoms with Gasteiger partial charge in [-0.1, -0.05) is 35.5 Å². The molecular weight excluding hydrogens is 278 g/mol. The van der Waals surface area contributed by atoms with Crippen LogP contribution in [0.25, 0.3) is 23.0 Å². The monoisotopic (exact) mass is 295 g/mol. The summed E-state index contributed by atoms with van der Waals surface area (Å²) in [7, 11) is 0. The van der Waals surface area contributed by atoms with Crippen molar-refractivity contribution in [1.29, 1.82) is 0 Å². The highest BCUT2D eigenvalue weighted by Gasteiger charge is 2.18. The van der Waals surface area contributed by atoms with Crippen molar-refractivity contribution in [2.45, 2.75) is 18.9 Å². The van der Waals surface area contributed by atoms with E-state index in [2.05, 4.69) is 20.6 Å². The lowest BCUT2D eigenvalue weighted by Gasteiger charge is -2.22. The highest BCUT2D eigenvalue weighted by molar-refractivity contribution is 5.57. The molecule has 22 heavy (non-hydrogen) atoms. The van der Waals surface area contributed by atoms with Gasteiger partial charge in [0.1, 0.15) is 0 Å². The molecule has 1 fully saturated rings. The predicted octanol–water partition coefficient (Wildman–Crippen LogP) is 2.52. The molecule has 3 aromatic rings. The molecule has 6 nitrogen and oxygen atoms in total. The number of rotatable bonds is 3. The molecule has 1 N–H and O–H groups in total. The molecule has 1 atom stereocenters. The van der Waals surface area contributed by atoms with Crippen molar-refractivity contribution in [2.75, 3.05) is 13.1 Å². The first-order valence-electron chi connectivity index (χ1n) is 7.55. The lowest BCUT2D eigenvalue weighted by molar-refractivity contribution is 0.346. The van der Waals surface area contributed by atoms with E-state index in [1.54, 1.807) is 0 Å². The molecule has 0 spiro atoms. The van der Waals surface area contributed by atoms with Crippen molar-refractivity contribution in [3.8, 4) is 23.0 Å². The van der Waals surface area contributed by atoms with E-state index in [9.17, 15) is 0 Å². The molecule has 4 rings (SSSR count). The Hall–Kier alpha value is -2.47. The van der Waals surface area contributed by atoms with Crippen LogP contribution in [0.4, 0.5) is 0 Å². The second-order valence-corrected chi connectivity index (χ2v) is 5.47. The molecule has 0 saturated carbocycles. The molecule has 1 aromatic carbocycles. The van der Waals surface area contributed by atoms with Crippen LogP contribution in [0.2, 0.25) is 0 Å². The molecule has 0 bridgehead atoms. The fraction of sp³-hybridized carbons (Fsp3) is 0.312. The summed E-state index contributed by atoms with van der Waals surface area (Å²) in [5.74, 6) is 1.05. The molecule has 0 radical (unpaired) electrons. The van der Waals surface area contributed by atoms with Gasteiger partial charge in [-0.3, -0.25) is 4.68 Å². The minimum absolute atomic E-state index is 0.402. The van der Waals surface area contributed by atoms with Crippen LogP contribution < -0.4 is 5.32 Å². The third-order valence-corrected chi connectivity index (χ3v) is 3.93.